The second-order valence-corrected chi connectivity index (χ2v) is 5.22. The number of hydrazone groups is 1. The Bertz CT molecular complexity index is 953. The lowest BCUT2D eigenvalue weighted by atomic mass is 10.2. The van der Waals surface area contributed by atoms with Crippen LogP contribution in [0.15, 0.2) is 28.1 Å². The van der Waals surface area contributed by atoms with Crippen LogP contribution >= 0.6 is 0 Å². The van der Waals surface area contributed by atoms with Gasteiger partial charge in [-0.25, -0.2) is 10.2 Å². The fourth-order valence-electron chi connectivity index (χ4n) is 2.20. The van der Waals surface area contributed by atoms with E-state index in [1.54, 1.807) is 13.8 Å². The number of hydrogen-bond acceptors (Lipinski definition) is 8. The normalized spacial score (nSPS) is 10.6. The predicted molar refractivity (Wildman–Crippen MR) is 95.5 cm³/mol. The van der Waals surface area contributed by atoms with Gasteiger partial charge in [-0.2, -0.15) is 10.1 Å². The molecule has 2 aromatic rings. The fourth-order valence-corrected chi connectivity index (χ4v) is 2.20. The van der Waals surface area contributed by atoms with E-state index < -0.39 is 16.5 Å². The minimum Gasteiger partial charge on any atom is -0.490 e. The zero-order valence-corrected chi connectivity index (χ0v) is 14.8. The molecule has 11 nitrogen and oxygen atoms in total. The molecule has 0 spiro atoms. The quantitative estimate of drug-likeness (QED) is 0.419. The average Bonchev–Trinajstić information content (AvgIpc) is 2.60. The number of nitrogens with zero attached hydrogens (tertiary/aromatic N) is 3. The van der Waals surface area contributed by atoms with Gasteiger partial charge in [-0.15, -0.1) is 0 Å². The van der Waals surface area contributed by atoms with Gasteiger partial charge >= 0.3 is 11.4 Å². The van der Waals surface area contributed by atoms with Crippen molar-refractivity contribution in [1.29, 1.82) is 0 Å². The van der Waals surface area contributed by atoms with Crippen molar-refractivity contribution in [2.45, 2.75) is 13.8 Å². The van der Waals surface area contributed by atoms with E-state index in [1.807, 2.05) is 0 Å². The third-order valence-corrected chi connectivity index (χ3v) is 3.25. The summed E-state index contributed by atoms with van der Waals surface area (Å²) in [5, 5.41) is 15.0. The number of H-pyrrole nitrogens is 1. The van der Waals surface area contributed by atoms with E-state index in [2.05, 4.69) is 20.5 Å². The number of hydrogen-bond donors (Lipinski definition) is 2. The molecule has 0 atom stereocenters. The third kappa shape index (κ3) is 4.87. The molecular weight excluding hydrogens is 358 g/mol. The second-order valence-electron chi connectivity index (χ2n) is 5.22. The number of nitro groups is 1. The second kappa shape index (κ2) is 8.56. The van der Waals surface area contributed by atoms with E-state index in [9.17, 15) is 19.7 Å². The van der Waals surface area contributed by atoms with Crippen LogP contribution in [0.25, 0.3) is 0 Å². The molecule has 1 amide bonds. The van der Waals surface area contributed by atoms with Gasteiger partial charge in [0, 0.05) is 17.3 Å². The zero-order valence-electron chi connectivity index (χ0n) is 14.8. The summed E-state index contributed by atoms with van der Waals surface area (Å²) < 4.78 is 10.4. The molecule has 0 saturated carbocycles. The molecule has 27 heavy (non-hydrogen) atoms. The molecule has 1 aromatic heterocycles. The van der Waals surface area contributed by atoms with Crippen LogP contribution in [-0.2, 0) is 0 Å². The number of aromatic nitrogens is 2. The van der Waals surface area contributed by atoms with Gasteiger partial charge in [-0.1, -0.05) is 0 Å². The van der Waals surface area contributed by atoms with E-state index in [-0.39, 0.29) is 29.5 Å². The van der Waals surface area contributed by atoms with Gasteiger partial charge < -0.3 is 14.5 Å². The van der Waals surface area contributed by atoms with Crippen molar-refractivity contribution in [1.82, 2.24) is 15.4 Å². The van der Waals surface area contributed by atoms with E-state index in [1.165, 1.54) is 31.5 Å². The molecule has 0 aliphatic rings. The molecule has 0 unspecified atom stereocenters. The number of nitrogens with one attached hydrogen (secondary N) is 2. The molecule has 11 heteroatoms. The van der Waals surface area contributed by atoms with Crippen LogP contribution in [0.2, 0.25) is 0 Å². The Balaban J connectivity index is 2.26. The molecule has 142 valence electrons. The SMILES string of the molecule is CCOc1cc(/C=N/NC(=O)c2cc(C)[nH]c(=O)n2)cc([N+](=O)[O-])c1OC. The maximum absolute atomic E-state index is 12.0. The monoisotopic (exact) mass is 375 g/mol. The van der Waals surface area contributed by atoms with Gasteiger partial charge in [0.2, 0.25) is 5.75 Å². The molecule has 0 aliphatic carbocycles. The summed E-state index contributed by atoms with van der Waals surface area (Å²) >= 11 is 0. The van der Waals surface area contributed by atoms with Crippen LogP contribution in [0.1, 0.15) is 28.7 Å². The Morgan fingerprint density at radius 3 is 2.78 bits per heavy atom. The van der Waals surface area contributed by atoms with Gasteiger partial charge in [0.25, 0.3) is 5.91 Å². The third-order valence-electron chi connectivity index (χ3n) is 3.25. The number of aromatic amines is 1. The van der Waals surface area contributed by atoms with Crippen LogP contribution in [0, 0.1) is 17.0 Å². The molecule has 2 N–H and O–H groups in total. The van der Waals surface area contributed by atoms with Crippen LogP contribution in [0.5, 0.6) is 11.5 Å². The highest BCUT2D eigenvalue weighted by atomic mass is 16.6. The molecule has 1 heterocycles. The molecule has 1 aromatic carbocycles. The lowest BCUT2D eigenvalue weighted by molar-refractivity contribution is -0.385. The molecule has 2 rings (SSSR count). The van der Waals surface area contributed by atoms with Gasteiger partial charge in [0.15, 0.2) is 5.75 Å². The summed E-state index contributed by atoms with van der Waals surface area (Å²) in [5.41, 5.74) is 1.91. The average molecular weight is 375 g/mol. The molecule has 0 fully saturated rings. The van der Waals surface area contributed by atoms with Gasteiger partial charge in [0.1, 0.15) is 5.69 Å². The van der Waals surface area contributed by atoms with Crippen LogP contribution in [-0.4, -0.2) is 40.7 Å². The minimum atomic E-state index is -0.700. The minimum absolute atomic E-state index is 0.00813. The fraction of sp³-hybridized carbons (Fsp3) is 0.250. The Labute approximate surface area is 153 Å². The van der Waals surface area contributed by atoms with Crippen molar-refractivity contribution in [2.75, 3.05) is 13.7 Å². The van der Waals surface area contributed by atoms with Crippen LogP contribution < -0.4 is 20.6 Å². The van der Waals surface area contributed by atoms with Gasteiger partial charge in [-0.3, -0.25) is 14.9 Å². The molecule has 0 saturated heterocycles. The maximum Gasteiger partial charge on any atom is 0.345 e. The Morgan fingerprint density at radius 2 is 2.19 bits per heavy atom. The topological polar surface area (TPSA) is 149 Å². The first kappa shape index (κ1) is 19.6. The maximum atomic E-state index is 12.0. The van der Waals surface area contributed by atoms with Crippen molar-refractivity contribution in [2.24, 2.45) is 5.10 Å². The number of carbonyl (C=O) groups is 1. The first-order valence-corrected chi connectivity index (χ1v) is 7.76. The smallest absolute Gasteiger partial charge is 0.345 e. The van der Waals surface area contributed by atoms with E-state index in [0.717, 1.165) is 0 Å². The van der Waals surface area contributed by atoms with E-state index in [0.29, 0.717) is 11.3 Å². The lowest BCUT2D eigenvalue weighted by Gasteiger charge is -2.10. The van der Waals surface area contributed by atoms with Crippen molar-refractivity contribution in [3.63, 3.8) is 0 Å². The number of amides is 1. The number of aryl methyl sites for hydroxylation is 1. The van der Waals surface area contributed by atoms with Crippen molar-refractivity contribution in [3.05, 3.63) is 55.7 Å². The standard InChI is InChI=1S/C16H17N5O6/c1-4-27-13-7-10(6-12(21(24)25)14(13)26-3)8-17-20-15(22)11-5-9(2)18-16(23)19-11/h5-8H,4H2,1-3H3,(H,20,22)(H,18,19,23)/b17-8+. The van der Waals surface area contributed by atoms with Crippen LogP contribution in [0.3, 0.4) is 0 Å². The van der Waals surface area contributed by atoms with Crippen molar-refractivity contribution in [3.8, 4) is 11.5 Å². The number of methoxy groups -OCH3 is 1. The summed E-state index contributed by atoms with van der Waals surface area (Å²) in [6.45, 7) is 3.61. The highest BCUT2D eigenvalue weighted by Crippen LogP contribution is 2.37. The highest BCUT2D eigenvalue weighted by molar-refractivity contribution is 5.93. The first-order valence-electron chi connectivity index (χ1n) is 7.76. The summed E-state index contributed by atoms with van der Waals surface area (Å²) in [6, 6.07) is 4.10. The number of ether oxygens (including phenoxy) is 2. The van der Waals surface area contributed by atoms with Gasteiger partial charge in [0.05, 0.1) is 24.9 Å². The highest BCUT2D eigenvalue weighted by Gasteiger charge is 2.21. The molecule has 0 radical (unpaired) electrons. The summed E-state index contributed by atoms with van der Waals surface area (Å²) in [4.78, 5) is 39.9. The largest absolute Gasteiger partial charge is 0.490 e. The summed E-state index contributed by atoms with van der Waals surface area (Å²) in [5.74, 6) is -0.534. The van der Waals surface area contributed by atoms with Crippen LogP contribution in [0.4, 0.5) is 5.69 Å². The van der Waals surface area contributed by atoms with E-state index >= 15 is 0 Å². The molecule has 0 bridgehead atoms. The first-order chi connectivity index (χ1) is 12.8. The molecular formula is C16H17N5O6. The van der Waals surface area contributed by atoms with Crippen molar-refractivity contribution >= 4 is 17.8 Å². The number of benzene rings is 1. The number of carbonyl (C=O) groups excluding carboxylic acids is 1. The Morgan fingerprint density at radius 1 is 1.44 bits per heavy atom. The van der Waals surface area contributed by atoms with Crippen molar-refractivity contribution < 1.29 is 19.2 Å². The van der Waals surface area contributed by atoms with Gasteiger partial charge in [-0.05, 0) is 26.0 Å². The predicted octanol–water partition coefficient (Wildman–Crippen LogP) is 1.16. The summed E-state index contributed by atoms with van der Waals surface area (Å²) in [7, 11) is 1.30. The lowest BCUT2D eigenvalue weighted by Crippen LogP contribution is -2.24. The van der Waals surface area contributed by atoms with E-state index in [4.69, 9.17) is 9.47 Å². The molecule has 0 aliphatic heterocycles. The number of rotatable bonds is 7. The number of nitro benzene ring substituents is 1. The Hall–Kier alpha value is -3.76. The Kier molecular flexibility index (Phi) is 6.20. The summed E-state index contributed by atoms with van der Waals surface area (Å²) in [6.07, 6.45) is 1.20. The zero-order chi connectivity index (χ0) is 20.0.